The molecule has 0 saturated heterocycles. The molecule has 1 aliphatic heterocycles. The highest BCUT2D eigenvalue weighted by Gasteiger charge is 2.17. The van der Waals surface area contributed by atoms with E-state index in [9.17, 15) is 9.18 Å². The Bertz CT molecular complexity index is 1090. The predicted octanol–water partition coefficient (Wildman–Crippen LogP) is 4.51. The normalized spacial score (nSPS) is 13.4. The number of fused-ring (bicyclic) bond motifs is 1. The number of rotatable bonds is 4. The van der Waals surface area contributed by atoms with E-state index in [4.69, 9.17) is 5.26 Å². The number of carbonyl (C=O) groups excluding carboxylic acids is 1. The SMILES string of the molecule is N#Cc1ccc(NC(=O)c2cccc(CN3CCc4ccc(F)cc4C3)c2)cc1. The van der Waals surface area contributed by atoms with E-state index in [0.717, 1.165) is 24.1 Å². The van der Waals surface area contributed by atoms with Gasteiger partial charge in [0.25, 0.3) is 5.91 Å². The second-order valence-corrected chi connectivity index (χ2v) is 7.22. The lowest BCUT2D eigenvalue weighted by atomic mass is 9.99. The number of nitriles is 1. The second kappa shape index (κ2) is 8.26. The second-order valence-electron chi connectivity index (χ2n) is 7.22. The van der Waals surface area contributed by atoms with Crippen LogP contribution < -0.4 is 5.32 Å². The third-order valence-electron chi connectivity index (χ3n) is 5.13. The molecule has 5 heteroatoms. The van der Waals surface area contributed by atoms with Gasteiger partial charge in [-0.2, -0.15) is 5.26 Å². The third-order valence-corrected chi connectivity index (χ3v) is 5.13. The molecule has 0 radical (unpaired) electrons. The fourth-order valence-corrected chi connectivity index (χ4v) is 3.62. The summed E-state index contributed by atoms with van der Waals surface area (Å²) in [4.78, 5) is 14.8. The monoisotopic (exact) mass is 385 g/mol. The molecule has 3 aromatic rings. The molecule has 1 amide bonds. The quantitative estimate of drug-likeness (QED) is 0.719. The Kier molecular flexibility index (Phi) is 5.37. The number of halogens is 1. The number of hydrogen-bond donors (Lipinski definition) is 1. The summed E-state index contributed by atoms with van der Waals surface area (Å²) in [5, 5.41) is 11.7. The van der Waals surface area contributed by atoms with Crippen LogP contribution in [0.3, 0.4) is 0 Å². The molecule has 0 fully saturated rings. The third kappa shape index (κ3) is 4.50. The van der Waals surface area contributed by atoms with Gasteiger partial charge in [0.05, 0.1) is 11.6 Å². The van der Waals surface area contributed by atoms with Gasteiger partial charge in [-0.05, 0) is 71.6 Å². The van der Waals surface area contributed by atoms with Crippen LogP contribution in [0.4, 0.5) is 10.1 Å². The molecule has 3 aromatic carbocycles. The molecule has 29 heavy (non-hydrogen) atoms. The first-order chi connectivity index (χ1) is 14.1. The maximum Gasteiger partial charge on any atom is 0.255 e. The van der Waals surface area contributed by atoms with Crippen molar-refractivity contribution < 1.29 is 9.18 Å². The van der Waals surface area contributed by atoms with Crippen molar-refractivity contribution in [3.05, 3.63) is 100 Å². The maximum atomic E-state index is 13.5. The zero-order valence-electron chi connectivity index (χ0n) is 15.9. The van der Waals surface area contributed by atoms with E-state index in [2.05, 4.69) is 16.3 Å². The Morgan fingerprint density at radius 2 is 1.90 bits per heavy atom. The van der Waals surface area contributed by atoms with E-state index in [1.54, 1.807) is 36.4 Å². The van der Waals surface area contributed by atoms with Gasteiger partial charge in [0.1, 0.15) is 5.82 Å². The van der Waals surface area contributed by atoms with Crippen molar-refractivity contribution in [2.45, 2.75) is 19.5 Å². The predicted molar refractivity (Wildman–Crippen MR) is 110 cm³/mol. The first-order valence-corrected chi connectivity index (χ1v) is 9.51. The lowest BCUT2D eigenvalue weighted by Gasteiger charge is -2.28. The summed E-state index contributed by atoms with van der Waals surface area (Å²) < 4.78 is 13.5. The fourth-order valence-electron chi connectivity index (χ4n) is 3.62. The molecule has 0 saturated carbocycles. The van der Waals surface area contributed by atoms with Gasteiger partial charge < -0.3 is 5.32 Å². The molecule has 4 nitrogen and oxygen atoms in total. The average Bonchev–Trinajstić information content (AvgIpc) is 2.74. The fraction of sp³-hybridized carbons (Fsp3) is 0.167. The highest BCUT2D eigenvalue weighted by Crippen LogP contribution is 2.22. The van der Waals surface area contributed by atoms with Crippen molar-refractivity contribution >= 4 is 11.6 Å². The first-order valence-electron chi connectivity index (χ1n) is 9.51. The number of anilines is 1. The number of amides is 1. The Hall–Kier alpha value is -3.49. The molecule has 1 aliphatic rings. The zero-order valence-corrected chi connectivity index (χ0v) is 15.9. The van der Waals surface area contributed by atoms with Crippen LogP contribution in [0.15, 0.2) is 66.7 Å². The molecule has 1 N–H and O–H groups in total. The molecule has 0 aromatic heterocycles. The minimum atomic E-state index is -0.202. The van der Waals surface area contributed by atoms with E-state index in [0.29, 0.717) is 29.9 Å². The molecule has 0 atom stereocenters. The smallest absolute Gasteiger partial charge is 0.255 e. The van der Waals surface area contributed by atoms with Gasteiger partial charge in [0.2, 0.25) is 0 Å². The molecular formula is C24H20FN3O. The van der Waals surface area contributed by atoms with E-state index in [-0.39, 0.29) is 11.7 Å². The van der Waals surface area contributed by atoms with Crippen molar-refractivity contribution in [2.75, 3.05) is 11.9 Å². The van der Waals surface area contributed by atoms with Crippen LogP contribution in [0, 0.1) is 17.1 Å². The van der Waals surface area contributed by atoms with E-state index in [1.807, 2.05) is 24.3 Å². The summed E-state index contributed by atoms with van der Waals surface area (Å²) in [5.41, 5.74) is 5.05. The van der Waals surface area contributed by atoms with Crippen LogP contribution in [0.5, 0.6) is 0 Å². The molecule has 144 valence electrons. The van der Waals surface area contributed by atoms with Crippen LogP contribution >= 0.6 is 0 Å². The molecular weight excluding hydrogens is 365 g/mol. The van der Waals surface area contributed by atoms with Crippen molar-refractivity contribution in [3.8, 4) is 6.07 Å². The molecule has 0 bridgehead atoms. The summed E-state index contributed by atoms with van der Waals surface area (Å²) in [7, 11) is 0. The summed E-state index contributed by atoms with van der Waals surface area (Å²) in [6.45, 7) is 2.31. The average molecular weight is 385 g/mol. The van der Waals surface area contributed by atoms with Crippen LogP contribution in [-0.4, -0.2) is 17.4 Å². The van der Waals surface area contributed by atoms with Crippen LogP contribution in [0.1, 0.15) is 32.6 Å². The van der Waals surface area contributed by atoms with Gasteiger partial charge in [-0.25, -0.2) is 4.39 Å². The molecule has 0 aliphatic carbocycles. The Balaban J connectivity index is 1.43. The van der Waals surface area contributed by atoms with Crippen LogP contribution in [-0.2, 0) is 19.5 Å². The summed E-state index contributed by atoms with van der Waals surface area (Å²) in [6, 6.07) is 21.4. The lowest BCUT2D eigenvalue weighted by Crippen LogP contribution is -2.30. The van der Waals surface area contributed by atoms with Gasteiger partial charge in [-0.15, -0.1) is 0 Å². The van der Waals surface area contributed by atoms with Gasteiger partial charge in [0.15, 0.2) is 0 Å². The molecule has 4 rings (SSSR count). The highest BCUT2D eigenvalue weighted by molar-refractivity contribution is 6.04. The zero-order chi connectivity index (χ0) is 20.2. The maximum absolute atomic E-state index is 13.5. The largest absolute Gasteiger partial charge is 0.322 e. The number of nitrogens with zero attached hydrogens (tertiary/aromatic N) is 2. The number of nitrogens with one attached hydrogen (secondary N) is 1. The minimum absolute atomic E-state index is 0.192. The van der Waals surface area contributed by atoms with Crippen LogP contribution in [0.2, 0.25) is 0 Å². The number of hydrogen-bond acceptors (Lipinski definition) is 3. The molecule has 0 spiro atoms. The lowest BCUT2D eigenvalue weighted by molar-refractivity contribution is 0.102. The Labute approximate surface area is 169 Å². The minimum Gasteiger partial charge on any atom is -0.322 e. The number of benzene rings is 3. The van der Waals surface area contributed by atoms with Gasteiger partial charge in [-0.1, -0.05) is 18.2 Å². The van der Waals surface area contributed by atoms with E-state index >= 15 is 0 Å². The topological polar surface area (TPSA) is 56.1 Å². The van der Waals surface area contributed by atoms with E-state index in [1.165, 1.54) is 11.6 Å². The van der Waals surface area contributed by atoms with E-state index < -0.39 is 0 Å². The van der Waals surface area contributed by atoms with Gasteiger partial charge >= 0.3 is 0 Å². The summed E-state index contributed by atoms with van der Waals surface area (Å²) in [5.74, 6) is -0.394. The Morgan fingerprint density at radius 1 is 1.07 bits per heavy atom. The standard InChI is InChI=1S/C24H20FN3O/c25-22-7-6-19-10-11-28(16-21(19)13-22)15-18-2-1-3-20(12-18)24(29)27-23-8-4-17(14-26)5-9-23/h1-9,12-13H,10-11,15-16H2,(H,27,29). The summed E-state index contributed by atoms with van der Waals surface area (Å²) in [6.07, 6.45) is 0.897. The van der Waals surface area contributed by atoms with Gasteiger partial charge in [0, 0.05) is 30.9 Å². The molecule has 0 unspecified atom stereocenters. The van der Waals surface area contributed by atoms with Crippen molar-refractivity contribution in [2.24, 2.45) is 0 Å². The Morgan fingerprint density at radius 3 is 2.69 bits per heavy atom. The van der Waals surface area contributed by atoms with Crippen molar-refractivity contribution in [1.82, 2.24) is 4.90 Å². The highest BCUT2D eigenvalue weighted by atomic mass is 19.1. The van der Waals surface area contributed by atoms with Crippen molar-refractivity contribution in [1.29, 1.82) is 5.26 Å². The first kappa shape index (κ1) is 18.9. The molecule has 1 heterocycles. The van der Waals surface area contributed by atoms with Gasteiger partial charge in [-0.3, -0.25) is 9.69 Å². The van der Waals surface area contributed by atoms with Crippen molar-refractivity contribution in [3.63, 3.8) is 0 Å². The summed E-state index contributed by atoms with van der Waals surface area (Å²) >= 11 is 0. The number of carbonyl (C=O) groups is 1. The van der Waals surface area contributed by atoms with Crippen LogP contribution in [0.25, 0.3) is 0 Å².